The molecule has 0 bridgehead atoms. The summed E-state index contributed by atoms with van der Waals surface area (Å²) in [7, 11) is 0. The second-order valence-electron chi connectivity index (χ2n) is 17.7. The fraction of sp³-hybridized carbons (Fsp3) is 0.269. The molecule has 6 aromatic rings. The minimum atomic E-state index is -0.936. The summed E-state index contributed by atoms with van der Waals surface area (Å²) in [6, 6.07) is 32.5. The largest absolute Gasteiger partial charge is 0.473 e. The molecular formula is C52H45F2NO. The molecule has 0 N–H and O–H groups in total. The van der Waals surface area contributed by atoms with Crippen LogP contribution in [-0.2, 0) is 16.4 Å². The first kappa shape index (κ1) is 33.8. The average molecular weight is 738 g/mol. The third-order valence-corrected chi connectivity index (χ3v) is 13.9. The van der Waals surface area contributed by atoms with Crippen LogP contribution in [0.4, 0.5) is 14.5 Å². The van der Waals surface area contributed by atoms with Crippen LogP contribution in [-0.4, -0.2) is 13.1 Å². The predicted octanol–water partition coefficient (Wildman–Crippen LogP) is 13.3. The van der Waals surface area contributed by atoms with Crippen LogP contribution in [0.1, 0.15) is 93.2 Å². The average Bonchev–Trinajstić information content (AvgIpc) is 3.60. The van der Waals surface area contributed by atoms with Gasteiger partial charge in [-0.2, -0.15) is 0 Å². The van der Waals surface area contributed by atoms with Gasteiger partial charge in [-0.15, -0.1) is 0 Å². The topological polar surface area (TPSA) is 12.5 Å². The van der Waals surface area contributed by atoms with Crippen LogP contribution >= 0.6 is 0 Å². The maximum absolute atomic E-state index is 15.5. The van der Waals surface area contributed by atoms with E-state index in [2.05, 4.69) is 111 Å². The van der Waals surface area contributed by atoms with E-state index in [1.165, 1.54) is 75.7 Å². The third-order valence-electron chi connectivity index (χ3n) is 13.9. The molecule has 1 fully saturated rings. The van der Waals surface area contributed by atoms with Gasteiger partial charge < -0.3 is 9.64 Å². The molecule has 2 heterocycles. The summed E-state index contributed by atoms with van der Waals surface area (Å²) in [6.07, 6.45) is 12.4. The highest BCUT2D eigenvalue weighted by Crippen LogP contribution is 2.60. The van der Waals surface area contributed by atoms with Gasteiger partial charge in [0.05, 0.1) is 0 Å². The smallest absolute Gasteiger partial charge is 0.174 e. The highest BCUT2D eigenvalue weighted by Gasteiger charge is 2.47. The first-order valence-corrected chi connectivity index (χ1v) is 20.4. The minimum absolute atomic E-state index is 0.197. The van der Waals surface area contributed by atoms with Crippen molar-refractivity contribution in [2.75, 3.05) is 18.0 Å². The lowest BCUT2D eigenvalue weighted by Crippen LogP contribution is -2.37. The van der Waals surface area contributed by atoms with E-state index in [1.807, 2.05) is 12.1 Å². The Bertz CT molecular complexity index is 2780. The fourth-order valence-corrected chi connectivity index (χ4v) is 11.1. The third kappa shape index (κ3) is 4.59. The summed E-state index contributed by atoms with van der Waals surface area (Å²) >= 11 is 0. The van der Waals surface area contributed by atoms with Gasteiger partial charge in [-0.25, -0.2) is 8.78 Å². The van der Waals surface area contributed by atoms with Crippen molar-refractivity contribution in [3.63, 3.8) is 0 Å². The molecule has 11 rings (SSSR count). The van der Waals surface area contributed by atoms with E-state index < -0.39 is 11.0 Å². The number of rotatable bonds is 3. The van der Waals surface area contributed by atoms with E-state index in [4.69, 9.17) is 4.74 Å². The van der Waals surface area contributed by atoms with Gasteiger partial charge in [0.2, 0.25) is 0 Å². The maximum Gasteiger partial charge on any atom is 0.174 e. The summed E-state index contributed by atoms with van der Waals surface area (Å²) in [5.74, 6) is 0.119. The second kappa shape index (κ2) is 11.8. The van der Waals surface area contributed by atoms with E-state index >= 15 is 4.39 Å². The zero-order valence-corrected chi connectivity index (χ0v) is 32.5. The van der Waals surface area contributed by atoms with Gasteiger partial charge in [0.25, 0.3) is 0 Å². The Morgan fingerprint density at radius 1 is 0.661 bits per heavy atom. The molecule has 1 saturated heterocycles. The van der Waals surface area contributed by atoms with Crippen molar-refractivity contribution < 1.29 is 13.5 Å². The summed E-state index contributed by atoms with van der Waals surface area (Å²) < 4.78 is 38.0. The van der Waals surface area contributed by atoms with Crippen LogP contribution < -0.4 is 9.64 Å². The Labute approximate surface area is 327 Å². The molecule has 4 heteroatoms. The van der Waals surface area contributed by atoms with Crippen LogP contribution in [0.5, 0.6) is 5.75 Å². The Balaban J connectivity index is 1.14. The Hall–Kier alpha value is -5.48. The van der Waals surface area contributed by atoms with Gasteiger partial charge in [-0.05, 0) is 141 Å². The number of piperidine rings is 1. The summed E-state index contributed by atoms with van der Waals surface area (Å²) in [6.45, 7) is 11.2. The lowest BCUT2D eigenvalue weighted by Gasteiger charge is -2.41. The van der Waals surface area contributed by atoms with Gasteiger partial charge in [0.15, 0.2) is 5.60 Å². The molecule has 0 spiro atoms. The second-order valence-corrected chi connectivity index (χ2v) is 17.7. The molecule has 0 radical (unpaired) electrons. The predicted molar refractivity (Wildman–Crippen MR) is 226 cm³/mol. The van der Waals surface area contributed by atoms with Crippen LogP contribution in [0.3, 0.4) is 0 Å². The van der Waals surface area contributed by atoms with E-state index in [9.17, 15) is 4.39 Å². The summed E-state index contributed by atoms with van der Waals surface area (Å²) in [5.41, 5.74) is 12.4. The normalized spacial score (nSPS) is 21.3. The first-order chi connectivity index (χ1) is 27.1. The SMILES string of the molecule is CC1(C)C2=C(CCC(C3(c4ccc(N5CCCCC5)cc4)C=Cc4c5c(c6ccc(F)cc6c4O3)-c3ccc(F)cc3C5(C)C)=C2)c2c1ccc1ccccc21. The van der Waals surface area contributed by atoms with Gasteiger partial charge in [-0.3, -0.25) is 0 Å². The van der Waals surface area contributed by atoms with Gasteiger partial charge in [0, 0.05) is 46.1 Å². The van der Waals surface area contributed by atoms with Gasteiger partial charge in [0.1, 0.15) is 17.4 Å². The monoisotopic (exact) mass is 737 g/mol. The summed E-state index contributed by atoms with van der Waals surface area (Å²) in [4.78, 5) is 2.49. The molecule has 5 aliphatic rings. The van der Waals surface area contributed by atoms with E-state index in [-0.39, 0.29) is 17.0 Å². The van der Waals surface area contributed by atoms with Crippen molar-refractivity contribution in [3.05, 3.63) is 165 Å². The highest BCUT2D eigenvalue weighted by molar-refractivity contribution is 6.08. The molecular weight excluding hydrogens is 693 g/mol. The molecule has 2 aliphatic heterocycles. The molecule has 0 amide bonds. The van der Waals surface area contributed by atoms with E-state index in [0.717, 1.165) is 70.1 Å². The number of benzene rings is 6. The number of allylic oxidation sites excluding steroid dienone is 3. The molecule has 278 valence electrons. The van der Waals surface area contributed by atoms with Crippen molar-refractivity contribution in [2.24, 2.45) is 0 Å². The first-order valence-electron chi connectivity index (χ1n) is 20.4. The Kier molecular flexibility index (Phi) is 7.11. The van der Waals surface area contributed by atoms with Crippen LogP contribution in [0.2, 0.25) is 0 Å². The molecule has 0 aromatic heterocycles. The molecule has 6 aromatic carbocycles. The van der Waals surface area contributed by atoms with Gasteiger partial charge in [-0.1, -0.05) is 101 Å². The van der Waals surface area contributed by atoms with Crippen molar-refractivity contribution >= 4 is 38.9 Å². The number of hydrogen-bond acceptors (Lipinski definition) is 2. The number of hydrogen-bond donors (Lipinski definition) is 0. The zero-order chi connectivity index (χ0) is 38.1. The molecule has 1 atom stereocenters. The van der Waals surface area contributed by atoms with E-state index in [1.54, 1.807) is 12.1 Å². The highest BCUT2D eigenvalue weighted by atomic mass is 19.1. The van der Waals surface area contributed by atoms with Crippen molar-refractivity contribution in [1.82, 2.24) is 0 Å². The molecule has 56 heavy (non-hydrogen) atoms. The Morgan fingerprint density at radius 2 is 1.43 bits per heavy atom. The molecule has 3 aliphatic carbocycles. The Morgan fingerprint density at radius 3 is 2.25 bits per heavy atom. The molecule has 2 nitrogen and oxygen atoms in total. The molecule has 1 unspecified atom stereocenters. The van der Waals surface area contributed by atoms with Crippen molar-refractivity contribution in [2.45, 2.75) is 76.2 Å². The van der Waals surface area contributed by atoms with Crippen LogP contribution in [0.25, 0.3) is 44.3 Å². The van der Waals surface area contributed by atoms with Gasteiger partial charge >= 0.3 is 0 Å². The standard InChI is InChI=1S/C52H45F2NO/c1-50(2)43-23-12-31-10-6-7-11-37(31)46(43)39-20-15-33(28-44(39)50)52(32-13-18-36(19-14-32)55-26-8-5-9-27-55)25-24-41-48-47(38-21-16-34(53)29-42(38)49(41)56-52)40-22-17-35(54)30-45(40)51(48,3)4/h6-7,10-14,16-19,21-25,28-30H,5,8-9,15,20,26-27H2,1-4H3. The maximum atomic E-state index is 15.5. The van der Waals surface area contributed by atoms with E-state index in [0.29, 0.717) is 5.75 Å². The fourth-order valence-electron chi connectivity index (χ4n) is 11.1. The molecule has 0 saturated carbocycles. The quantitative estimate of drug-likeness (QED) is 0.179. The van der Waals surface area contributed by atoms with Crippen LogP contribution in [0, 0.1) is 11.6 Å². The summed E-state index contributed by atoms with van der Waals surface area (Å²) in [5, 5.41) is 4.24. The number of fused-ring (bicyclic) bond motifs is 12. The van der Waals surface area contributed by atoms with Crippen molar-refractivity contribution in [1.29, 1.82) is 0 Å². The minimum Gasteiger partial charge on any atom is -0.473 e. The van der Waals surface area contributed by atoms with Crippen molar-refractivity contribution in [3.8, 4) is 16.9 Å². The number of anilines is 1. The lowest BCUT2D eigenvalue weighted by atomic mass is 9.73. The van der Waals surface area contributed by atoms with Crippen LogP contribution in [0.15, 0.2) is 120 Å². The number of nitrogens with zero attached hydrogens (tertiary/aromatic N) is 1. The number of halogens is 2. The number of ether oxygens (including phenoxy) is 1. The lowest BCUT2D eigenvalue weighted by molar-refractivity contribution is 0.154. The zero-order valence-electron chi connectivity index (χ0n) is 32.5.